The second kappa shape index (κ2) is 5.97. The first kappa shape index (κ1) is 13.7. The molecule has 2 aromatic heterocycles. The van der Waals surface area contributed by atoms with Crippen molar-refractivity contribution < 1.29 is 4.79 Å². The monoisotopic (exact) mass is 278 g/mol. The summed E-state index contributed by atoms with van der Waals surface area (Å²) < 4.78 is 1.80. The Hall–Kier alpha value is -1.69. The lowest BCUT2D eigenvalue weighted by Gasteiger charge is -2.21. The molecule has 2 rings (SSSR count). The number of hydrogen-bond acceptors (Lipinski definition) is 4. The zero-order chi connectivity index (χ0) is 13.8. The summed E-state index contributed by atoms with van der Waals surface area (Å²) in [6, 6.07) is -0.239. The van der Waals surface area contributed by atoms with Crippen molar-refractivity contribution in [3.8, 4) is 0 Å². The maximum absolute atomic E-state index is 12.3. The molecule has 0 aromatic carbocycles. The van der Waals surface area contributed by atoms with Crippen LogP contribution in [-0.4, -0.2) is 32.4 Å². The fraction of sp³-hybridized carbons (Fsp3) is 0.462. The lowest BCUT2D eigenvalue weighted by molar-refractivity contribution is -0.133. The van der Waals surface area contributed by atoms with E-state index in [9.17, 15) is 4.79 Å². The number of likely N-dealkylation sites (N-methyl/N-ethyl adjacent to an activating group) is 1. The lowest BCUT2D eigenvalue weighted by Crippen LogP contribution is -2.32. The maximum atomic E-state index is 12.3. The van der Waals surface area contributed by atoms with Gasteiger partial charge in [-0.3, -0.25) is 4.79 Å². The van der Waals surface area contributed by atoms with E-state index in [4.69, 9.17) is 0 Å². The summed E-state index contributed by atoms with van der Waals surface area (Å²) in [7, 11) is 1.81. The number of amides is 1. The minimum atomic E-state index is -0.239. The summed E-state index contributed by atoms with van der Waals surface area (Å²) in [6.45, 7) is 4.51. The standard InChI is InChI=1S/C13H18N4OS/c1-4-12-15-11(8-19-12)7-16(3)13(18)10(2)17-6-5-14-9-17/h5-6,8-10H,4,7H2,1-3H3/t10-/m1/s1. The van der Waals surface area contributed by atoms with Crippen LogP contribution in [0.25, 0.3) is 0 Å². The number of hydrogen-bond donors (Lipinski definition) is 0. The van der Waals surface area contributed by atoms with Gasteiger partial charge in [0.25, 0.3) is 0 Å². The van der Waals surface area contributed by atoms with Crippen LogP contribution in [-0.2, 0) is 17.8 Å². The maximum Gasteiger partial charge on any atom is 0.245 e. The van der Waals surface area contributed by atoms with Crippen molar-refractivity contribution in [1.29, 1.82) is 0 Å². The van der Waals surface area contributed by atoms with Gasteiger partial charge in [0, 0.05) is 24.8 Å². The topological polar surface area (TPSA) is 51.0 Å². The van der Waals surface area contributed by atoms with Crippen molar-refractivity contribution in [2.45, 2.75) is 32.9 Å². The normalized spacial score (nSPS) is 12.4. The van der Waals surface area contributed by atoms with Gasteiger partial charge in [0.05, 0.1) is 23.6 Å². The number of rotatable bonds is 5. The fourth-order valence-electron chi connectivity index (χ4n) is 1.85. The Balaban J connectivity index is 1.99. The summed E-state index contributed by atoms with van der Waals surface area (Å²) in [6.07, 6.45) is 6.08. The van der Waals surface area contributed by atoms with Gasteiger partial charge in [0.15, 0.2) is 0 Å². The molecule has 0 saturated heterocycles. The largest absolute Gasteiger partial charge is 0.338 e. The summed E-state index contributed by atoms with van der Waals surface area (Å²) in [5.41, 5.74) is 0.954. The fourth-order valence-corrected chi connectivity index (χ4v) is 2.59. The Morgan fingerprint density at radius 1 is 1.58 bits per heavy atom. The first-order chi connectivity index (χ1) is 9.11. The van der Waals surface area contributed by atoms with Crippen molar-refractivity contribution in [2.24, 2.45) is 0 Å². The van der Waals surface area contributed by atoms with Gasteiger partial charge in [-0.15, -0.1) is 11.3 Å². The summed E-state index contributed by atoms with van der Waals surface area (Å²) >= 11 is 1.65. The van der Waals surface area contributed by atoms with Crippen LogP contribution in [0.3, 0.4) is 0 Å². The first-order valence-electron chi connectivity index (χ1n) is 6.27. The predicted molar refractivity (Wildman–Crippen MR) is 74.9 cm³/mol. The van der Waals surface area contributed by atoms with Gasteiger partial charge in [-0.25, -0.2) is 9.97 Å². The van der Waals surface area contributed by atoms with E-state index in [0.29, 0.717) is 6.54 Å². The van der Waals surface area contributed by atoms with Crippen molar-refractivity contribution in [3.63, 3.8) is 0 Å². The van der Waals surface area contributed by atoms with Crippen LogP contribution in [0.2, 0.25) is 0 Å². The molecule has 0 aliphatic carbocycles. The van der Waals surface area contributed by atoms with Crippen LogP contribution in [0.15, 0.2) is 24.1 Å². The minimum Gasteiger partial charge on any atom is -0.338 e. The van der Waals surface area contributed by atoms with Crippen LogP contribution < -0.4 is 0 Å². The molecule has 2 heterocycles. The van der Waals surface area contributed by atoms with Gasteiger partial charge >= 0.3 is 0 Å². The molecule has 2 aromatic rings. The molecule has 0 fully saturated rings. The molecule has 6 heteroatoms. The number of carbonyl (C=O) groups excluding carboxylic acids is 1. The number of aromatic nitrogens is 3. The molecule has 0 N–H and O–H groups in total. The highest BCUT2D eigenvalue weighted by Crippen LogP contribution is 2.14. The third-order valence-electron chi connectivity index (χ3n) is 3.01. The van der Waals surface area contributed by atoms with E-state index in [-0.39, 0.29) is 11.9 Å². The van der Waals surface area contributed by atoms with Crippen LogP contribution in [0, 0.1) is 0 Å². The number of nitrogens with zero attached hydrogens (tertiary/aromatic N) is 4. The lowest BCUT2D eigenvalue weighted by atomic mass is 10.3. The molecule has 0 bridgehead atoms. The quantitative estimate of drug-likeness (QED) is 0.842. The molecule has 0 aliphatic heterocycles. The average molecular weight is 278 g/mol. The second-order valence-electron chi connectivity index (χ2n) is 4.47. The Morgan fingerprint density at radius 3 is 2.95 bits per heavy atom. The Morgan fingerprint density at radius 2 is 2.37 bits per heavy atom. The zero-order valence-electron chi connectivity index (χ0n) is 11.4. The van der Waals surface area contributed by atoms with Gasteiger partial charge in [0.2, 0.25) is 5.91 Å². The Kier molecular flexibility index (Phi) is 4.31. The van der Waals surface area contributed by atoms with Gasteiger partial charge in [0.1, 0.15) is 6.04 Å². The van der Waals surface area contributed by atoms with Crippen molar-refractivity contribution in [1.82, 2.24) is 19.4 Å². The Bertz CT molecular complexity index is 535. The number of carbonyl (C=O) groups is 1. The number of imidazole rings is 1. The summed E-state index contributed by atoms with van der Waals surface area (Å²) in [4.78, 5) is 22.4. The van der Waals surface area contributed by atoms with E-state index >= 15 is 0 Å². The Labute approximate surface area is 116 Å². The smallest absolute Gasteiger partial charge is 0.245 e. The molecule has 1 atom stereocenters. The van der Waals surface area contributed by atoms with E-state index in [1.165, 1.54) is 0 Å². The molecule has 0 unspecified atom stereocenters. The molecular weight excluding hydrogens is 260 g/mol. The highest BCUT2D eigenvalue weighted by molar-refractivity contribution is 7.09. The number of thiazole rings is 1. The second-order valence-corrected chi connectivity index (χ2v) is 5.41. The van der Waals surface area contributed by atoms with E-state index in [0.717, 1.165) is 17.1 Å². The predicted octanol–water partition coefficient (Wildman–Crippen LogP) is 2.12. The molecule has 0 spiro atoms. The van der Waals surface area contributed by atoms with Crippen molar-refractivity contribution in [2.75, 3.05) is 7.05 Å². The van der Waals surface area contributed by atoms with Crippen molar-refractivity contribution in [3.05, 3.63) is 34.8 Å². The van der Waals surface area contributed by atoms with Crippen LogP contribution in [0.1, 0.15) is 30.6 Å². The molecular formula is C13H18N4OS. The first-order valence-corrected chi connectivity index (χ1v) is 7.15. The summed E-state index contributed by atoms with van der Waals surface area (Å²) in [5, 5.41) is 3.13. The average Bonchev–Trinajstić information content (AvgIpc) is 3.07. The highest BCUT2D eigenvalue weighted by atomic mass is 32.1. The SMILES string of the molecule is CCc1nc(CN(C)C(=O)[C@@H](C)n2ccnc2)cs1. The van der Waals surface area contributed by atoms with Gasteiger partial charge in [-0.2, -0.15) is 0 Å². The zero-order valence-corrected chi connectivity index (χ0v) is 12.2. The third-order valence-corrected chi connectivity index (χ3v) is 4.05. The molecule has 0 saturated carbocycles. The number of aryl methyl sites for hydroxylation is 1. The van der Waals surface area contributed by atoms with E-state index < -0.39 is 0 Å². The molecule has 1 amide bonds. The van der Waals surface area contributed by atoms with Crippen LogP contribution in [0.4, 0.5) is 0 Å². The molecule has 102 valence electrons. The van der Waals surface area contributed by atoms with Crippen LogP contribution in [0.5, 0.6) is 0 Å². The molecule has 5 nitrogen and oxygen atoms in total. The minimum absolute atomic E-state index is 0.0593. The van der Waals surface area contributed by atoms with Gasteiger partial charge in [-0.1, -0.05) is 6.92 Å². The van der Waals surface area contributed by atoms with E-state index in [1.807, 2.05) is 12.3 Å². The van der Waals surface area contributed by atoms with E-state index in [2.05, 4.69) is 16.9 Å². The molecule has 0 radical (unpaired) electrons. The third kappa shape index (κ3) is 3.20. The van der Waals surface area contributed by atoms with Gasteiger partial charge < -0.3 is 9.47 Å². The summed E-state index contributed by atoms with van der Waals surface area (Å²) in [5.74, 6) is 0.0593. The van der Waals surface area contributed by atoms with Gasteiger partial charge in [-0.05, 0) is 13.3 Å². The molecule has 0 aliphatic rings. The van der Waals surface area contributed by atoms with Crippen LogP contribution >= 0.6 is 11.3 Å². The van der Waals surface area contributed by atoms with E-state index in [1.54, 1.807) is 46.6 Å². The molecule has 19 heavy (non-hydrogen) atoms. The highest BCUT2D eigenvalue weighted by Gasteiger charge is 2.19. The van der Waals surface area contributed by atoms with Crippen molar-refractivity contribution >= 4 is 17.2 Å².